The van der Waals surface area contributed by atoms with Crippen LogP contribution in [0, 0.1) is 0 Å². The summed E-state index contributed by atoms with van der Waals surface area (Å²) >= 11 is 9.05. The summed E-state index contributed by atoms with van der Waals surface area (Å²) in [6, 6.07) is 10.5. The van der Waals surface area contributed by atoms with Crippen molar-refractivity contribution in [3.05, 3.63) is 41.5 Å². The van der Waals surface area contributed by atoms with Gasteiger partial charge in [-0.3, -0.25) is 0 Å². The Kier molecular flexibility index (Phi) is 5.73. The number of hydrogen-bond acceptors (Lipinski definition) is 6. The van der Waals surface area contributed by atoms with Crippen LogP contribution in [0.4, 0.5) is 0 Å². The molecular formula is C20H22N4S3. The second-order valence-electron chi connectivity index (χ2n) is 6.94. The van der Waals surface area contributed by atoms with Gasteiger partial charge in [-0.15, -0.1) is 11.3 Å². The minimum atomic E-state index is 0.721. The highest BCUT2D eigenvalue weighted by Crippen LogP contribution is 2.39. The van der Waals surface area contributed by atoms with Crippen LogP contribution in [0.15, 0.2) is 40.7 Å². The largest absolute Gasteiger partial charge is 0.357 e. The van der Waals surface area contributed by atoms with Gasteiger partial charge in [-0.25, -0.2) is 9.97 Å². The van der Waals surface area contributed by atoms with Gasteiger partial charge >= 0.3 is 0 Å². The van der Waals surface area contributed by atoms with Crippen molar-refractivity contribution < 1.29 is 0 Å². The van der Waals surface area contributed by atoms with E-state index in [0.717, 1.165) is 45.0 Å². The number of thiocarbonyl (C=S) groups is 1. The molecule has 27 heavy (non-hydrogen) atoms. The van der Waals surface area contributed by atoms with Gasteiger partial charge in [0.05, 0.1) is 11.9 Å². The van der Waals surface area contributed by atoms with Crippen LogP contribution >= 0.6 is 35.3 Å². The number of nitrogens with zero attached hydrogens (tertiary/aromatic N) is 4. The second-order valence-corrected chi connectivity index (χ2v) is 9.42. The van der Waals surface area contributed by atoms with Gasteiger partial charge in [0.1, 0.15) is 20.0 Å². The summed E-state index contributed by atoms with van der Waals surface area (Å²) < 4.78 is 0.925. The Morgan fingerprint density at radius 2 is 1.93 bits per heavy atom. The molecule has 0 amide bonds. The molecule has 0 spiro atoms. The van der Waals surface area contributed by atoms with Crippen molar-refractivity contribution in [2.24, 2.45) is 0 Å². The van der Waals surface area contributed by atoms with E-state index >= 15 is 0 Å². The third-order valence-corrected chi connectivity index (χ3v) is 6.84. The predicted molar refractivity (Wildman–Crippen MR) is 120 cm³/mol. The maximum absolute atomic E-state index is 5.75. The Labute approximate surface area is 173 Å². The number of thioether (sulfide) groups is 1. The number of thiophene rings is 1. The van der Waals surface area contributed by atoms with Gasteiger partial charge in [0.2, 0.25) is 0 Å². The number of rotatable bonds is 4. The number of aromatic nitrogens is 2. The Balaban J connectivity index is 1.79. The normalized spacial score (nSPS) is 14.4. The summed E-state index contributed by atoms with van der Waals surface area (Å²) in [6.45, 7) is 2.83. The van der Waals surface area contributed by atoms with Crippen molar-refractivity contribution in [1.82, 2.24) is 19.8 Å². The SMILES string of the molecule is CN(C)Cc1nc(SC(=S)N2CCCC2)c2c(-c3ccccc3)csc2n1. The molecule has 1 aromatic carbocycles. The molecule has 3 aromatic rings. The van der Waals surface area contributed by atoms with E-state index in [4.69, 9.17) is 22.2 Å². The van der Waals surface area contributed by atoms with Gasteiger partial charge in [0.25, 0.3) is 0 Å². The van der Waals surface area contributed by atoms with Crippen LogP contribution in [0.3, 0.4) is 0 Å². The van der Waals surface area contributed by atoms with Crippen molar-refractivity contribution in [3.63, 3.8) is 0 Å². The molecule has 1 aliphatic rings. The number of benzene rings is 1. The highest BCUT2D eigenvalue weighted by atomic mass is 32.2. The minimum absolute atomic E-state index is 0.721. The van der Waals surface area contributed by atoms with E-state index in [2.05, 4.69) is 39.4 Å². The van der Waals surface area contributed by atoms with Crippen LogP contribution in [-0.4, -0.2) is 51.3 Å². The first-order valence-electron chi connectivity index (χ1n) is 9.07. The highest BCUT2D eigenvalue weighted by molar-refractivity contribution is 8.23. The fourth-order valence-electron chi connectivity index (χ4n) is 3.26. The molecule has 0 N–H and O–H groups in total. The lowest BCUT2D eigenvalue weighted by Crippen LogP contribution is -2.23. The topological polar surface area (TPSA) is 32.3 Å². The van der Waals surface area contributed by atoms with E-state index in [1.807, 2.05) is 20.2 Å². The molecular weight excluding hydrogens is 392 g/mol. The molecule has 4 nitrogen and oxygen atoms in total. The molecule has 1 saturated heterocycles. The molecule has 0 radical (unpaired) electrons. The highest BCUT2D eigenvalue weighted by Gasteiger charge is 2.21. The molecule has 0 aliphatic carbocycles. The number of hydrogen-bond donors (Lipinski definition) is 0. The summed E-state index contributed by atoms with van der Waals surface area (Å²) in [5.41, 5.74) is 2.39. The van der Waals surface area contributed by atoms with Gasteiger partial charge in [-0.1, -0.05) is 42.5 Å². The third kappa shape index (κ3) is 4.16. The smallest absolute Gasteiger partial charge is 0.145 e. The molecule has 1 aliphatic heterocycles. The zero-order valence-electron chi connectivity index (χ0n) is 15.5. The standard InChI is InChI=1S/C20H22N4S3/c1-23(2)12-16-21-18-17(15(13-26-18)14-8-4-3-5-9-14)19(22-16)27-20(25)24-10-6-7-11-24/h3-5,8-9,13H,6-7,10-12H2,1-2H3. The summed E-state index contributed by atoms with van der Waals surface area (Å²) in [5.74, 6) is 0.848. The molecule has 1 fully saturated rings. The molecule has 140 valence electrons. The Morgan fingerprint density at radius 1 is 1.19 bits per heavy atom. The molecule has 0 bridgehead atoms. The monoisotopic (exact) mass is 414 g/mol. The summed E-state index contributed by atoms with van der Waals surface area (Å²) in [4.78, 5) is 15.2. The van der Waals surface area contributed by atoms with Gasteiger partial charge in [0, 0.05) is 24.0 Å². The maximum Gasteiger partial charge on any atom is 0.145 e. The molecule has 2 aromatic heterocycles. The van der Waals surface area contributed by atoms with Gasteiger partial charge in [-0.05, 0) is 44.3 Å². The summed E-state index contributed by atoms with van der Waals surface area (Å²) in [6.07, 6.45) is 2.44. The van der Waals surface area contributed by atoms with Crippen molar-refractivity contribution in [3.8, 4) is 11.1 Å². The van der Waals surface area contributed by atoms with Crippen LogP contribution < -0.4 is 0 Å². The molecule has 0 atom stereocenters. The summed E-state index contributed by atoms with van der Waals surface area (Å²) in [5, 5.41) is 4.30. The van der Waals surface area contributed by atoms with E-state index in [0.29, 0.717) is 0 Å². The van der Waals surface area contributed by atoms with E-state index < -0.39 is 0 Å². The van der Waals surface area contributed by atoms with Gasteiger partial charge < -0.3 is 9.80 Å². The van der Waals surface area contributed by atoms with E-state index in [1.165, 1.54) is 24.0 Å². The average Bonchev–Trinajstić information content (AvgIpc) is 3.32. The van der Waals surface area contributed by atoms with Crippen LogP contribution in [0.2, 0.25) is 0 Å². The van der Waals surface area contributed by atoms with Crippen molar-refractivity contribution >= 4 is 49.9 Å². The molecule has 4 rings (SSSR count). The minimum Gasteiger partial charge on any atom is -0.357 e. The summed E-state index contributed by atoms with van der Waals surface area (Å²) in [7, 11) is 4.08. The second kappa shape index (κ2) is 8.22. The molecule has 0 unspecified atom stereocenters. The molecule has 7 heteroatoms. The van der Waals surface area contributed by atoms with Crippen molar-refractivity contribution in [1.29, 1.82) is 0 Å². The first-order chi connectivity index (χ1) is 13.1. The zero-order valence-corrected chi connectivity index (χ0v) is 18.0. The third-order valence-electron chi connectivity index (χ3n) is 4.54. The lowest BCUT2D eigenvalue weighted by Gasteiger charge is -2.18. The van der Waals surface area contributed by atoms with Crippen LogP contribution in [0.5, 0.6) is 0 Å². The van der Waals surface area contributed by atoms with E-state index in [-0.39, 0.29) is 0 Å². The zero-order chi connectivity index (χ0) is 18.8. The first kappa shape index (κ1) is 18.8. The predicted octanol–water partition coefficient (Wildman–Crippen LogP) is 4.89. The Morgan fingerprint density at radius 3 is 2.63 bits per heavy atom. The average molecular weight is 415 g/mol. The van der Waals surface area contributed by atoms with Crippen LogP contribution in [0.25, 0.3) is 21.3 Å². The number of likely N-dealkylation sites (tertiary alicyclic amines) is 1. The van der Waals surface area contributed by atoms with Crippen molar-refractivity contribution in [2.75, 3.05) is 27.2 Å². The van der Waals surface area contributed by atoms with E-state index in [1.54, 1.807) is 23.1 Å². The molecule has 0 saturated carbocycles. The van der Waals surface area contributed by atoms with Gasteiger partial charge in [0.15, 0.2) is 0 Å². The van der Waals surface area contributed by atoms with E-state index in [9.17, 15) is 0 Å². The first-order valence-corrected chi connectivity index (χ1v) is 11.2. The van der Waals surface area contributed by atoms with Crippen LogP contribution in [-0.2, 0) is 6.54 Å². The quantitative estimate of drug-likeness (QED) is 0.343. The lowest BCUT2D eigenvalue weighted by molar-refractivity contribution is 0.390. The molecule has 3 heterocycles. The maximum atomic E-state index is 5.75. The Bertz CT molecular complexity index is 947. The fraction of sp³-hybridized carbons (Fsp3) is 0.350. The van der Waals surface area contributed by atoms with Crippen molar-refractivity contribution in [2.45, 2.75) is 24.4 Å². The lowest BCUT2D eigenvalue weighted by atomic mass is 10.1. The number of fused-ring (bicyclic) bond motifs is 1. The Hall–Kier alpha value is -1.54. The fourth-order valence-corrected chi connectivity index (χ4v) is 5.64. The van der Waals surface area contributed by atoms with Gasteiger partial charge in [-0.2, -0.15) is 0 Å². The van der Waals surface area contributed by atoms with Crippen LogP contribution in [0.1, 0.15) is 18.7 Å².